The van der Waals surface area contributed by atoms with Gasteiger partial charge in [0.05, 0.1) is 5.02 Å². The molecule has 0 fully saturated rings. The number of hydrogen-bond acceptors (Lipinski definition) is 2. The zero-order chi connectivity index (χ0) is 13.1. The van der Waals surface area contributed by atoms with Crippen LogP contribution in [0.5, 0.6) is 11.5 Å². The molecule has 0 aliphatic carbocycles. The molecule has 0 atom stereocenters. The van der Waals surface area contributed by atoms with Crippen molar-refractivity contribution in [2.45, 2.75) is 6.54 Å². The van der Waals surface area contributed by atoms with Gasteiger partial charge < -0.3 is 10.5 Å². The molecular weight excluding hydrogens is 321 g/mol. The minimum atomic E-state index is -0.515. The molecule has 0 aromatic heterocycles. The Morgan fingerprint density at radius 2 is 2.00 bits per heavy atom. The Morgan fingerprint density at radius 3 is 2.67 bits per heavy atom. The number of benzene rings is 2. The molecule has 0 saturated heterocycles. The van der Waals surface area contributed by atoms with E-state index in [1.165, 1.54) is 12.1 Å². The summed E-state index contributed by atoms with van der Waals surface area (Å²) in [5, 5.41) is 0.0654. The lowest BCUT2D eigenvalue weighted by Gasteiger charge is -2.10. The summed E-state index contributed by atoms with van der Waals surface area (Å²) in [7, 11) is 0. The topological polar surface area (TPSA) is 35.2 Å². The molecule has 2 aromatic rings. The Labute approximate surface area is 118 Å². The molecule has 0 amide bonds. The van der Waals surface area contributed by atoms with E-state index in [2.05, 4.69) is 15.9 Å². The van der Waals surface area contributed by atoms with Gasteiger partial charge in [-0.25, -0.2) is 4.39 Å². The van der Waals surface area contributed by atoms with E-state index in [4.69, 9.17) is 22.1 Å². The van der Waals surface area contributed by atoms with E-state index in [0.29, 0.717) is 18.0 Å². The molecule has 94 valence electrons. The summed E-state index contributed by atoms with van der Waals surface area (Å²) in [5.41, 5.74) is 6.46. The molecule has 0 radical (unpaired) electrons. The van der Waals surface area contributed by atoms with Crippen LogP contribution >= 0.6 is 27.5 Å². The molecule has 5 heteroatoms. The summed E-state index contributed by atoms with van der Waals surface area (Å²) in [6.07, 6.45) is 0. The zero-order valence-electron chi connectivity index (χ0n) is 9.29. The van der Waals surface area contributed by atoms with Crippen molar-refractivity contribution < 1.29 is 9.13 Å². The lowest BCUT2D eigenvalue weighted by molar-refractivity contribution is 0.470. The van der Waals surface area contributed by atoms with Gasteiger partial charge in [0.25, 0.3) is 0 Å². The Kier molecular flexibility index (Phi) is 4.22. The molecule has 18 heavy (non-hydrogen) atoms. The standard InChI is InChI=1S/C13H10BrClFNO/c14-9-2-1-8(7-17)13(5-9)18-10-3-4-11(15)12(16)6-10/h1-6H,7,17H2. The van der Waals surface area contributed by atoms with Gasteiger partial charge in [-0.1, -0.05) is 33.6 Å². The van der Waals surface area contributed by atoms with Crippen LogP contribution in [0.15, 0.2) is 40.9 Å². The fraction of sp³-hybridized carbons (Fsp3) is 0.0769. The van der Waals surface area contributed by atoms with Crippen LogP contribution in [-0.4, -0.2) is 0 Å². The van der Waals surface area contributed by atoms with E-state index >= 15 is 0 Å². The molecule has 0 bridgehead atoms. The van der Waals surface area contributed by atoms with Gasteiger partial charge in [0.1, 0.15) is 17.3 Å². The fourth-order valence-electron chi connectivity index (χ4n) is 1.46. The van der Waals surface area contributed by atoms with Gasteiger partial charge in [-0.3, -0.25) is 0 Å². The molecule has 0 aliphatic rings. The predicted molar refractivity (Wildman–Crippen MR) is 73.5 cm³/mol. The van der Waals surface area contributed by atoms with Crippen LogP contribution in [0.25, 0.3) is 0 Å². The van der Waals surface area contributed by atoms with Crippen molar-refractivity contribution in [1.82, 2.24) is 0 Å². The summed E-state index contributed by atoms with van der Waals surface area (Å²) in [6.45, 7) is 0.346. The Balaban J connectivity index is 2.33. The number of ether oxygens (including phenoxy) is 1. The molecule has 2 N–H and O–H groups in total. The molecular formula is C13H10BrClFNO. The quantitative estimate of drug-likeness (QED) is 0.899. The average molecular weight is 331 g/mol. The van der Waals surface area contributed by atoms with Crippen molar-refractivity contribution >= 4 is 27.5 Å². The van der Waals surface area contributed by atoms with Crippen molar-refractivity contribution in [1.29, 1.82) is 0 Å². The van der Waals surface area contributed by atoms with Crippen LogP contribution in [0.1, 0.15) is 5.56 Å². The summed E-state index contributed by atoms with van der Waals surface area (Å²) in [5.74, 6) is 0.455. The maximum absolute atomic E-state index is 13.3. The molecule has 2 aromatic carbocycles. The minimum absolute atomic E-state index is 0.0654. The first-order valence-corrected chi connectivity index (χ1v) is 6.38. The van der Waals surface area contributed by atoms with Crippen LogP contribution in [0.2, 0.25) is 5.02 Å². The highest BCUT2D eigenvalue weighted by molar-refractivity contribution is 9.10. The molecule has 0 unspecified atom stereocenters. The van der Waals surface area contributed by atoms with Crippen LogP contribution in [0, 0.1) is 5.82 Å². The summed E-state index contributed by atoms with van der Waals surface area (Å²) >= 11 is 8.96. The smallest absolute Gasteiger partial charge is 0.145 e. The highest BCUT2D eigenvalue weighted by atomic mass is 79.9. The van der Waals surface area contributed by atoms with E-state index in [0.717, 1.165) is 10.0 Å². The third kappa shape index (κ3) is 3.02. The Morgan fingerprint density at radius 1 is 1.22 bits per heavy atom. The van der Waals surface area contributed by atoms with Crippen LogP contribution in [0.3, 0.4) is 0 Å². The maximum Gasteiger partial charge on any atom is 0.145 e. The zero-order valence-corrected chi connectivity index (χ0v) is 11.6. The Hall–Kier alpha value is -1.10. The van der Waals surface area contributed by atoms with Gasteiger partial charge in [0.2, 0.25) is 0 Å². The van der Waals surface area contributed by atoms with Crippen LogP contribution in [-0.2, 0) is 6.54 Å². The number of hydrogen-bond donors (Lipinski definition) is 1. The first-order chi connectivity index (χ1) is 8.60. The monoisotopic (exact) mass is 329 g/mol. The van der Waals surface area contributed by atoms with Crippen molar-refractivity contribution in [3.63, 3.8) is 0 Å². The van der Waals surface area contributed by atoms with Crippen molar-refractivity contribution in [2.75, 3.05) is 0 Å². The number of nitrogens with two attached hydrogens (primary N) is 1. The van der Waals surface area contributed by atoms with E-state index in [9.17, 15) is 4.39 Å². The SMILES string of the molecule is NCc1ccc(Br)cc1Oc1ccc(Cl)c(F)c1. The van der Waals surface area contributed by atoms with Gasteiger partial charge in [-0.05, 0) is 24.3 Å². The lowest BCUT2D eigenvalue weighted by Crippen LogP contribution is -1.99. The van der Waals surface area contributed by atoms with E-state index in [1.807, 2.05) is 12.1 Å². The average Bonchev–Trinajstić information content (AvgIpc) is 2.34. The van der Waals surface area contributed by atoms with Gasteiger partial charge >= 0.3 is 0 Å². The second-order valence-electron chi connectivity index (χ2n) is 3.63. The van der Waals surface area contributed by atoms with Crippen LogP contribution < -0.4 is 10.5 Å². The summed E-state index contributed by atoms with van der Waals surface area (Å²) < 4.78 is 19.8. The normalized spacial score (nSPS) is 10.4. The molecule has 0 spiro atoms. The molecule has 0 heterocycles. The van der Waals surface area contributed by atoms with Crippen molar-refractivity contribution in [2.24, 2.45) is 5.73 Å². The molecule has 2 nitrogen and oxygen atoms in total. The number of halogens is 3. The first kappa shape index (κ1) is 13.3. The maximum atomic E-state index is 13.3. The van der Waals surface area contributed by atoms with Gasteiger partial charge in [0, 0.05) is 22.6 Å². The second kappa shape index (κ2) is 5.69. The Bertz CT molecular complexity index is 577. The summed E-state index contributed by atoms with van der Waals surface area (Å²) in [6, 6.07) is 9.81. The van der Waals surface area contributed by atoms with Crippen molar-refractivity contribution in [3.8, 4) is 11.5 Å². The second-order valence-corrected chi connectivity index (χ2v) is 4.96. The predicted octanol–water partition coefficient (Wildman–Crippen LogP) is 4.49. The molecule has 0 aliphatic heterocycles. The van der Waals surface area contributed by atoms with E-state index < -0.39 is 5.82 Å². The number of rotatable bonds is 3. The van der Waals surface area contributed by atoms with E-state index in [-0.39, 0.29) is 5.02 Å². The highest BCUT2D eigenvalue weighted by Gasteiger charge is 2.07. The largest absolute Gasteiger partial charge is 0.457 e. The first-order valence-electron chi connectivity index (χ1n) is 5.21. The third-order valence-corrected chi connectivity index (χ3v) is 3.17. The lowest BCUT2D eigenvalue weighted by atomic mass is 10.2. The highest BCUT2D eigenvalue weighted by Crippen LogP contribution is 2.30. The summed E-state index contributed by atoms with van der Waals surface area (Å²) in [4.78, 5) is 0. The molecule has 0 saturated carbocycles. The minimum Gasteiger partial charge on any atom is -0.457 e. The van der Waals surface area contributed by atoms with Gasteiger partial charge in [-0.2, -0.15) is 0 Å². The fourth-order valence-corrected chi connectivity index (χ4v) is 1.92. The van der Waals surface area contributed by atoms with Crippen molar-refractivity contribution in [3.05, 3.63) is 57.3 Å². The van der Waals surface area contributed by atoms with Gasteiger partial charge in [-0.15, -0.1) is 0 Å². The van der Waals surface area contributed by atoms with Crippen LogP contribution in [0.4, 0.5) is 4.39 Å². The molecule has 2 rings (SSSR count). The van der Waals surface area contributed by atoms with Gasteiger partial charge in [0.15, 0.2) is 0 Å². The van der Waals surface area contributed by atoms with E-state index in [1.54, 1.807) is 12.1 Å². The third-order valence-electron chi connectivity index (χ3n) is 2.37.